The molecule has 180 valence electrons. The molecule has 3 nitrogen and oxygen atoms in total. The maximum atomic E-state index is 11.9. The summed E-state index contributed by atoms with van der Waals surface area (Å²) >= 11 is 17.9. The van der Waals surface area contributed by atoms with Crippen LogP contribution in [0.1, 0.15) is 6.92 Å². The van der Waals surface area contributed by atoms with Crippen molar-refractivity contribution in [1.82, 2.24) is 0 Å². The van der Waals surface area contributed by atoms with Crippen molar-refractivity contribution in [2.24, 2.45) is 0 Å². The SMILES string of the molecule is CCSCSCSCS(=O)CCSCSCSCSCC(=O)SCSCSCCO. The van der Waals surface area contributed by atoms with Crippen LogP contribution in [-0.2, 0) is 15.6 Å². The zero-order chi connectivity index (χ0) is 22.1. The van der Waals surface area contributed by atoms with Gasteiger partial charge in [-0.3, -0.25) is 9.00 Å². The van der Waals surface area contributed by atoms with Crippen LogP contribution in [0.15, 0.2) is 0 Å². The first-order valence-electron chi connectivity index (χ1n) is 9.01. The molecule has 0 aromatic rings. The van der Waals surface area contributed by atoms with Crippen LogP contribution in [0, 0.1) is 0 Å². The molecule has 0 amide bonds. The van der Waals surface area contributed by atoms with Crippen LogP contribution in [0.25, 0.3) is 0 Å². The molecule has 0 radical (unpaired) electrons. The largest absolute Gasteiger partial charge is 0.396 e. The van der Waals surface area contributed by atoms with E-state index in [1.807, 2.05) is 58.8 Å². The standard InChI is InChI=1S/C16H32O3S11/c1-2-20-8-24-13-28-15-30(19)6-5-22-10-25-12-26-11-23-7-16(18)29-14-27-9-21-4-3-17/h17H,2-15H2,1H3. The normalized spacial score (nSPS) is 12.3. The molecule has 0 aliphatic carbocycles. The van der Waals surface area contributed by atoms with Gasteiger partial charge in [0.05, 0.1) is 17.4 Å². The van der Waals surface area contributed by atoms with Gasteiger partial charge in [0.2, 0.25) is 0 Å². The predicted octanol–water partition coefficient (Wildman–Crippen LogP) is 6.27. The van der Waals surface area contributed by atoms with E-state index in [-0.39, 0.29) is 11.7 Å². The fourth-order valence-electron chi connectivity index (χ4n) is 1.37. The van der Waals surface area contributed by atoms with E-state index in [9.17, 15) is 9.00 Å². The fraction of sp³-hybridized carbons (Fsp3) is 0.938. The summed E-state index contributed by atoms with van der Waals surface area (Å²) < 4.78 is 11.9. The Kier molecular flexibility index (Phi) is 31.6. The lowest BCUT2D eigenvalue weighted by Crippen LogP contribution is -2.02. The maximum absolute atomic E-state index is 11.9. The third-order valence-electron chi connectivity index (χ3n) is 2.63. The van der Waals surface area contributed by atoms with Crippen LogP contribution in [0.4, 0.5) is 0 Å². The Balaban J connectivity index is 3.23. The van der Waals surface area contributed by atoms with E-state index in [0.717, 1.165) is 57.9 Å². The highest BCUT2D eigenvalue weighted by molar-refractivity contribution is 8.29. The van der Waals surface area contributed by atoms with E-state index in [1.54, 1.807) is 47.0 Å². The van der Waals surface area contributed by atoms with E-state index < -0.39 is 10.8 Å². The van der Waals surface area contributed by atoms with Crippen LogP contribution in [0.5, 0.6) is 0 Å². The summed E-state index contributed by atoms with van der Waals surface area (Å²) in [5, 5.41) is 16.7. The van der Waals surface area contributed by atoms with E-state index in [0.29, 0.717) is 5.75 Å². The van der Waals surface area contributed by atoms with Crippen molar-refractivity contribution in [3.05, 3.63) is 0 Å². The summed E-state index contributed by atoms with van der Waals surface area (Å²) in [4.78, 5) is 11.8. The number of carbonyl (C=O) groups is 1. The Morgan fingerprint density at radius 1 is 0.733 bits per heavy atom. The number of hydrogen-bond acceptors (Lipinski definition) is 13. The topological polar surface area (TPSA) is 54.4 Å². The highest BCUT2D eigenvalue weighted by atomic mass is 32.3. The molecule has 0 fully saturated rings. The Bertz CT molecular complexity index is 369. The summed E-state index contributed by atoms with van der Waals surface area (Å²) in [6.45, 7) is 2.40. The molecule has 14 heteroatoms. The molecule has 1 unspecified atom stereocenters. The van der Waals surface area contributed by atoms with Crippen molar-refractivity contribution in [3.63, 3.8) is 0 Å². The van der Waals surface area contributed by atoms with Gasteiger partial charge in [-0.2, -0.15) is 23.5 Å². The zero-order valence-corrected chi connectivity index (χ0v) is 26.1. The molecule has 0 aliphatic heterocycles. The number of aliphatic hydroxyl groups is 1. The lowest BCUT2D eigenvalue weighted by atomic mass is 10.9. The van der Waals surface area contributed by atoms with Gasteiger partial charge in [-0.25, -0.2) is 0 Å². The van der Waals surface area contributed by atoms with Crippen molar-refractivity contribution in [1.29, 1.82) is 0 Å². The predicted molar refractivity (Wildman–Crippen MR) is 165 cm³/mol. The van der Waals surface area contributed by atoms with Crippen molar-refractivity contribution >= 4 is 134 Å². The van der Waals surface area contributed by atoms with E-state index >= 15 is 0 Å². The molecule has 1 N–H and O–H groups in total. The van der Waals surface area contributed by atoms with Crippen molar-refractivity contribution in [3.8, 4) is 0 Å². The summed E-state index contributed by atoms with van der Waals surface area (Å²) in [5.41, 5.74) is 0. The third kappa shape index (κ3) is 27.5. The molecule has 0 rings (SSSR count). The van der Waals surface area contributed by atoms with Gasteiger partial charge in [0.25, 0.3) is 0 Å². The van der Waals surface area contributed by atoms with Gasteiger partial charge < -0.3 is 5.11 Å². The van der Waals surface area contributed by atoms with Gasteiger partial charge in [0.15, 0.2) is 5.12 Å². The van der Waals surface area contributed by atoms with Crippen LogP contribution in [0.2, 0.25) is 0 Å². The highest BCUT2D eigenvalue weighted by Crippen LogP contribution is 2.24. The molecule has 0 heterocycles. The van der Waals surface area contributed by atoms with Gasteiger partial charge in [-0.15, -0.1) is 82.3 Å². The lowest BCUT2D eigenvalue weighted by Gasteiger charge is -2.04. The number of thioether (sulfide) groups is 10. The highest BCUT2D eigenvalue weighted by Gasteiger charge is 2.04. The zero-order valence-electron chi connectivity index (χ0n) is 17.2. The van der Waals surface area contributed by atoms with Crippen molar-refractivity contribution < 1.29 is 14.1 Å². The quantitative estimate of drug-likeness (QED) is 0.0971. The van der Waals surface area contributed by atoms with Gasteiger partial charge in [-0.1, -0.05) is 18.7 Å². The maximum Gasteiger partial charge on any atom is 0.199 e. The second-order valence-electron chi connectivity index (χ2n) is 5.01. The molecule has 0 saturated heterocycles. The van der Waals surface area contributed by atoms with E-state index in [1.165, 1.54) is 17.5 Å². The molecule has 1 atom stereocenters. The van der Waals surface area contributed by atoms with Gasteiger partial charge in [-0.05, 0) is 5.75 Å². The Labute approximate surface area is 228 Å². The first kappa shape index (κ1) is 33.3. The lowest BCUT2D eigenvalue weighted by molar-refractivity contribution is -0.108. The molecular formula is C16H32O3S11. The molecule has 0 aromatic heterocycles. The Morgan fingerprint density at radius 3 is 2.00 bits per heavy atom. The second kappa shape index (κ2) is 28.5. The minimum absolute atomic E-state index is 0.223. The molecule has 0 aromatic carbocycles. The number of aliphatic hydroxyl groups excluding tert-OH is 1. The molecule has 0 bridgehead atoms. The van der Waals surface area contributed by atoms with Crippen LogP contribution in [-0.4, -0.2) is 90.5 Å². The number of carbonyl (C=O) groups excluding carboxylic acids is 1. The second-order valence-corrected chi connectivity index (χ2v) is 19.9. The van der Waals surface area contributed by atoms with Gasteiger partial charge in [0.1, 0.15) is 0 Å². The minimum atomic E-state index is -0.691. The molecule has 0 spiro atoms. The Hall–Kier alpha value is 3.28. The monoisotopic (exact) mass is 624 g/mol. The average Bonchev–Trinajstić information content (AvgIpc) is 2.74. The van der Waals surface area contributed by atoms with Crippen LogP contribution in [0.3, 0.4) is 0 Å². The molecule has 0 aliphatic rings. The summed E-state index contributed by atoms with van der Waals surface area (Å²) in [6.07, 6.45) is 0. The Morgan fingerprint density at radius 2 is 1.30 bits per heavy atom. The van der Waals surface area contributed by atoms with Crippen molar-refractivity contribution in [2.45, 2.75) is 6.92 Å². The first-order chi connectivity index (χ1) is 14.7. The molecular weight excluding hydrogens is 593 g/mol. The number of hydrogen-bond donors (Lipinski definition) is 1. The van der Waals surface area contributed by atoms with Crippen LogP contribution >= 0.6 is 118 Å². The fourth-order valence-corrected chi connectivity index (χ4v) is 14.7. The molecule has 30 heavy (non-hydrogen) atoms. The summed E-state index contributed by atoms with van der Waals surface area (Å²) in [7, 11) is -0.691. The number of rotatable bonds is 24. The summed E-state index contributed by atoms with van der Waals surface area (Å²) in [6, 6.07) is 0. The first-order valence-corrected chi connectivity index (χ1v) is 21.9. The van der Waals surface area contributed by atoms with E-state index in [2.05, 4.69) is 6.92 Å². The smallest absolute Gasteiger partial charge is 0.199 e. The van der Waals surface area contributed by atoms with E-state index in [4.69, 9.17) is 5.11 Å². The average molecular weight is 625 g/mol. The minimum Gasteiger partial charge on any atom is -0.396 e. The van der Waals surface area contributed by atoms with Crippen molar-refractivity contribution in [2.75, 3.05) is 76.1 Å². The van der Waals surface area contributed by atoms with Gasteiger partial charge in [0, 0.05) is 63.7 Å². The van der Waals surface area contributed by atoms with Gasteiger partial charge >= 0.3 is 0 Å². The molecule has 0 saturated carbocycles. The third-order valence-corrected chi connectivity index (χ3v) is 16.9. The van der Waals surface area contributed by atoms with Crippen LogP contribution < -0.4 is 0 Å². The summed E-state index contributed by atoms with van der Waals surface area (Å²) in [5.74, 6) is 4.29.